The molecule has 2 N–H and O–H groups in total. The monoisotopic (exact) mass is 335 g/mol. The van der Waals surface area contributed by atoms with Gasteiger partial charge in [0.1, 0.15) is 0 Å². The van der Waals surface area contributed by atoms with Gasteiger partial charge in [-0.05, 0) is 24.3 Å². The number of imidazole rings is 1. The lowest BCUT2D eigenvalue weighted by Gasteiger charge is -2.36. The lowest BCUT2D eigenvalue weighted by atomic mass is 9.97. The van der Waals surface area contributed by atoms with Crippen LogP contribution in [0.15, 0.2) is 17.6 Å². The van der Waals surface area contributed by atoms with Crippen LogP contribution in [0.25, 0.3) is 0 Å². The molecule has 0 bridgehead atoms. The van der Waals surface area contributed by atoms with Crippen LogP contribution in [0.5, 0.6) is 0 Å². The predicted octanol–water partition coefficient (Wildman–Crippen LogP) is -0.0269. The topological polar surface area (TPSA) is 93.5 Å². The van der Waals surface area contributed by atoms with Gasteiger partial charge in [-0.15, -0.1) is 0 Å². The molecule has 0 unspecified atom stereocenters. The zero-order chi connectivity index (χ0) is 15.3. The van der Waals surface area contributed by atoms with E-state index in [-0.39, 0.29) is 24.8 Å². The lowest BCUT2D eigenvalue weighted by Crippen LogP contribution is -2.48. The van der Waals surface area contributed by atoms with Gasteiger partial charge in [0.25, 0.3) is 10.0 Å². The minimum atomic E-state index is -3.63. The van der Waals surface area contributed by atoms with Crippen molar-refractivity contribution < 1.29 is 18.3 Å². The number of hydrogen-bond acceptors (Lipinski definition) is 6. The van der Waals surface area contributed by atoms with Crippen LogP contribution in [-0.2, 0) is 21.8 Å². The van der Waals surface area contributed by atoms with Gasteiger partial charge in [0.2, 0.25) is 0 Å². The molecule has 1 aromatic heterocycles. The van der Waals surface area contributed by atoms with Crippen molar-refractivity contribution in [2.24, 2.45) is 7.05 Å². The SMILES string of the molecule is Cn1cnc(S(=O)(=O)NCC2(OCCO)CCSCC2)c1. The van der Waals surface area contributed by atoms with Gasteiger partial charge in [0.05, 0.1) is 25.1 Å². The standard InChI is InChI=1S/C12H21N3O4S2/c1-15-8-11(13-10-15)21(17,18)14-9-12(19-5-4-16)2-6-20-7-3-12/h8,10,14,16H,2-7,9H2,1H3. The molecular weight excluding hydrogens is 314 g/mol. The Morgan fingerprint density at radius 1 is 1.52 bits per heavy atom. The molecule has 0 aliphatic carbocycles. The van der Waals surface area contributed by atoms with E-state index < -0.39 is 15.6 Å². The zero-order valence-corrected chi connectivity index (χ0v) is 13.6. The number of rotatable bonds is 7. The summed E-state index contributed by atoms with van der Waals surface area (Å²) in [7, 11) is -1.91. The summed E-state index contributed by atoms with van der Waals surface area (Å²) in [6.45, 7) is 0.352. The summed E-state index contributed by atoms with van der Waals surface area (Å²) in [4.78, 5) is 3.86. The minimum absolute atomic E-state index is 0.00694. The van der Waals surface area contributed by atoms with Crippen molar-refractivity contribution in [2.75, 3.05) is 31.3 Å². The van der Waals surface area contributed by atoms with Gasteiger partial charge in [0.15, 0.2) is 5.03 Å². The average molecular weight is 335 g/mol. The smallest absolute Gasteiger partial charge is 0.259 e. The van der Waals surface area contributed by atoms with Crippen molar-refractivity contribution >= 4 is 21.8 Å². The summed E-state index contributed by atoms with van der Waals surface area (Å²) in [5, 5.41) is 8.95. The molecular formula is C12H21N3O4S2. The third-order valence-electron chi connectivity index (χ3n) is 3.44. The second-order valence-electron chi connectivity index (χ2n) is 5.07. The number of nitrogens with one attached hydrogen (secondary N) is 1. The molecule has 0 aromatic carbocycles. The van der Waals surface area contributed by atoms with E-state index in [9.17, 15) is 8.42 Å². The molecule has 9 heteroatoms. The Kier molecular flexibility index (Phi) is 5.67. The van der Waals surface area contributed by atoms with Crippen LogP contribution >= 0.6 is 11.8 Å². The van der Waals surface area contributed by atoms with E-state index in [0.29, 0.717) is 0 Å². The summed E-state index contributed by atoms with van der Waals surface area (Å²) in [5.41, 5.74) is -0.532. The number of aliphatic hydroxyl groups is 1. The molecule has 0 spiro atoms. The Balaban J connectivity index is 2.03. The largest absolute Gasteiger partial charge is 0.394 e. The van der Waals surface area contributed by atoms with Crippen LogP contribution in [0, 0.1) is 0 Å². The molecule has 2 heterocycles. The number of thioether (sulfide) groups is 1. The van der Waals surface area contributed by atoms with Crippen molar-refractivity contribution in [3.63, 3.8) is 0 Å². The Morgan fingerprint density at radius 2 is 2.24 bits per heavy atom. The van der Waals surface area contributed by atoms with Crippen molar-refractivity contribution in [1.29, 1.82) is 0 Å². The first-order valence-corrected chi connectivity index (χ1v) is 9.41. The highest BCUT2D eigenvalue weighted by atomic mass is 32.2. The zero-order valence-electron chi connectivity index (χ0n) is 12.0. The van der Waals surface area contributed by atoms with E-state index in [4.69, 9.17) is 9.84 Å². The third-order valence-corrected chi connectivity index (χ3v) is 5.72. The lowest BCUT2D eigenvalue weighted by molar-refractivity contribution is -0.0591. The highest BCUT2D eigenvalue weighted by Crippen LogP contribution is 2.30. The molecule has 1 saturated heterocycles. The van der Waals surface area contributed by atoms with E-state index in [1.807, 2.05) is 11.8 Å². The van der Waals surface area contributed by atoms with Gasteiger partial charge < -0.3 is 14.4 Å². The molecule has 7 nitrogen and oxygen atoms in total. The molecule has 1 aromatic rings. The van der Waals surface area contributed by atoms with Crippen LogP contribution in [0.3, 0.4) is 0 Å². The number of nitrogens with zero attached hydrogens (tertiary/aromatic N) is 2. The van der Waals surface area contributed by atoms with Crippen LogP contribution in [-0.4, -0.2) is 59.9 Å². The van der Waals surface area contributed by atoms with Gasteiger partial charge >= 0.3 is 0 Å². The van der Waals surface area contributed by atoms with Crippen LogP contribution in [0.1, 0.15) is 12.8 Å². The van der Waals surface area contributed by atoms with Crippen molar-refractivity contribution in [2.45, 2.75) is 23.5 Å². The van der Waals surface area contributed by atoms with E-state index in [0.717, 1.165) is 24.3 Å². The molecule has 0 saturated carbocycles. The van der Waals surface area contributed by atoms with Gasteiger partial charge in [-0.3, -0.25) is 0 Å². The molecule has 0 radical (unpaired) electrons. The van der Waals surface area contributed by atoms with Gasteiger partial charge in [-0.25, -0.2) is 18.1 Å². The molecule has 1 aliphatic heterocycles. The number of aliphatic hydroxyl groups excluding tert-OH is 1. The van der Waals surface area contributed by atoms with Gasteiger partial charge in [-0.2, -0.15) is 11.8 Å². The quantitative estimate of drug-likeness (QED) is 0.727. The minimum Gasteiger partial charge on any atom is -0.394 e. The second-order valence-corrected chi connectivity index (χ2v) is 8.01. The predicted molar refractivity (Wildman–Crippen MR) is 80.7 cm³/mol. The summed E-state index contributed by atoms with van der Waals surface area (Å²) in [6.07, 6.45) is 4.44. The van der Waals surface area contributed by atoms with E-state index in [2.05, 4.69) is 9.71 Å². The number of ether oxygens (including phenoxy) is 1. The van der Waals surface area contributed by atoms with E-state index >= 15 is 0 Å². The van der Waals surface area contributed by atoms with E-state index in [1.54, 1.807) is 11.6 Å². The fourth-order valence-electron chi connectivity index (χ4n) is 2.21. The molecule has 1 fully saturated rings. The Hall–Kier alpha value is -0.610. The number of hydrogen-bond donors (Lipinski definition) is 2. The number of aryl methyl sites for hydroxylation is 1. The summed E-state index contributed by atoms with van der Waals surface area (Å²) in [5.74, 6) is 1.85. The van der Waals surface area contributed by atoms with Crippen LogP contribution in [0.4, 0.5) is 0 Å². The second kappa shape index (κ2) is 7.10. The summed E-state index contributed by atoms with van der Waals surface area (Å²) in [6, 6.07) is 0. The van der Waals surface area contributed by atoms with Crippen LogP contribution in [0.2, 0.25) is 0 Å². The molecule has 2 rings (SSSR count). The Bertz CT molecular complexity index is 553. The maximum atomic E-state index is 12.2. The molecule has 0 atom stereocenters. The Labute approximate surface area is 129 Å². The van der Waals surface area contributed by atoms with Gasteiger partial charge in [0, 0.05) is 19.8 Å². The highest BCUT2D eigenvalue weighted by Gasteiger charge is 2.35. The maximum Gasteiger partial charge on any atom is 0.259 e. The Morgan fingerprint density at radius 3 is 2.81 bits per heavy atom. The van der Waals surface area contributed by atoms with E-state index in [1.165, 1.54) is 12.5 Å². The first kappa shape index (κ1) is 16.8. The first-order valence-electron chi connectivity index (χ1n) is 6.78. The first-order chi connectivity index (χ1) is 9.97. The molecule has 1 aliphatic rings. The maximum absolute atomic E-state index is 12.2. The fraction of sp³-hybridized carbons (Fsp3) is 0.750. The summed E-state index contributed by atoms with van der Waals surface area (Å²) < 4.78 is 34.3. The average Bonchev–Trinajstić information content (AvgIpc) is 2.92. The molecule has 120 valence electrons. The molecule has 21 heavy (non-hydrogen) atoms. The third kappa shape index (κ3) is 4.43. The van der Waals surface area contributed by atoms with Crippen molar-refractivity contribution in [1.82, 2.24) is 14.3 Å². The number of aromatic nitrogens is 2. The molecule has 0 amide bonds. The van der Waals surface area contributed by atoms with Crippen molar-refractivity contribution in [3.05, 3.63) is 12.5 Å². The number of sulfonamides is 1. The van der Waals surface area contributed by atoms with Crippen molar-refractivity contribution in [3.8, 4) is 0 Å². The van der Waals surface area contributed by atoms with Gasteiger partial charge in [-0.1, -0.05) is 0 Å². The fourth-order valence-corrected chi connectivity index (χ4v) is 4.53. The van der Waals surface area contributed by atoms with Crippen LogP contribution < -0.4 is 4.72 Å². The summed E-state index contributed by atoms with van der Waals surface area (Å²) >= 11 is 1.83. The highest BCUT2D eigenvalue weighted by molar-refractivity contribution is 7.99. The normalized spacial score (nSPS) is 18.8.